The molecule has 0 spiro atoms. The lowest BCUT2D eigenvalue weighted by molar-refractivity contribution is 0.573. The van der Waals surface area contributed by atoms with Gasteiger partial charge in [-0.25, -0.2) is 8.42 Å². The first-order valence-corrected chi connectivity index (χ1v) is 12.3. The zero-order valence-electron chi connectivity index (χ0n) is 14.5. The number of hydrogen-bond acceptors (Lipinski definition) is 4. The van der Waals surface area contributed by atoms with E-state index < -0.39 is 21.7 Å². The van der Waals surface area contributed by atoms with Gasteiger partial charge in [-0.15, -0.1) is 0 Å². The topological polar surface area (TPSA) is 81.7 Å². The molecule has 0 heterocycles. The van der Waals surface area contributed by atoms with Crippen LogP contribution in [-0.2, 0) is 22.7 Å². The zero-order valence-corrected chi connectivity index (χ0v) is 19.6. The van der Waals surface area contributed by atoms with E-state index in [0.29, 0.717) is 12.8 Å². The van der Waals surface area contributed by atoms with Crippen LogP contribution in [0.15, 0.2) is 48.5 Å². The second kappa shape index (κ2) is 10.4. The molecule has 140 valence electrons. The van der Waals surface area contributed by atoms with Crippen molar-refractivity contribution in [1.82, 2.24) is 0 Å². The van der Waals surface area contributed by atoms with Gasteiger partial charge < -0.3 is 0 Å². The minimum atomic E-state index is -3.51. The number of nitriles is 2. The van der Waals surface area contributed by atoms with Gasteiger partial charge in [0, 0.05) is 7.14 Å². The third-order valence-electron chi connectivity index (χ3n) is 4.07. The summed E-state index contributed by atoms with van der Waals surface area (Å²) in [7, 11) is -3.51. The Labute approximate surface area is 187 Å². The number of sulfone groups is 1. The van der Waals surface area contributed by atoms with Crippen molar-refractivity contribution in [3.8, 4) is 12.1 Å². The van der Waals surface area contributed by atoms with E-state index in [1.165, 1.54) is 0 Å². The molecule has 27 heavy (non-hydrogen) atoms. The van der Waals surface area contributed by atoms with E-state index in [1.807, 2.05) is 48.5 Å². The summed E-state index contributed by atoms with van der Waals surface area (Å²) in [5, 5.41) is 18.8. The summed E-state index contributed by atoms with van der Waals surface area (Å²) in [6.07, 6.45) is 0.780. The Morgan fingerprint density at radius 3 is 1.37 bits per heavy atom. The Morgan fingerprint density at radius 1 is 0.741 bits per heavy atom. The molecule has 0 amide bonds. The van der Waals surface area contributed by atoms with Crippen LogP contribution in [0.3, 0.4) is 0 Å². The maximum Gasteiger partial charge on any atom is 0.152 e. The molecule has 2 aromatic carbocycles. The van der Waals surface area contributed by atoms with Gasteiger partial charge >= 0.3 is 0 Å². The van der Waals surface area contributed by atoms with E-state index in [9.17, 15) is 18.9 Å². The molecule has 0 bridgehead atoms. The van der Waals surface area contributed by atoms with Crippen molar-refractivity contribution in [3.63, 3.8) is 0 Å². The number of benzene rings is 2. The van der Waals surface area contributed by atoms with Crippen molar-refractivity contribution in [3.05, 3.63) is 66.8 Å². The predicted octanol–water partition coefficient (Wildman–Crippen LogP) is 4.38. The van der Waals surface area contributed by atoms with Gasteiger partial charge in [-0.3, -0.25) is 0 Å². The molecular weight excluding hydrogens is 586 g/mol. The van der Waals surface area contributed by atoms with Gasteiger partial charge in [0.25, 0.3) is 0 Å². The van der Waals surface area contributed by atoms with Crippen molar-refractivity contribution in [2.24, 2.45) is 11.8 Å². The zero-order chi connectivity index (χ0) is 19.9. The molecule has 0 saturated carbocycles. The van der Waals surface area contributed by atoms with Gasteiger partial charge in [0.15, 0.2) is 9.84 Å². The fraction of sp³-hybridized carbons (Fsp3) is 0.300. The van der Waals surface area contributed by atoms with Gasteiger partial charge in [0.1, 0.15) is 0 Å². The lowest BCUT2D eigenvalue weighted by atomic mass is 10.0. The Bertz CT molecular complexity index is 870. The van der Waals surface area contributed by atoms with Crippen molar-refractivity contribution in [2.75, 3.05) is 11.5 Å². The molecule has 0 saturated heterocycles. The van der Waals surface area contributed by atoms with Crippen LogP contribution >= 0.6 is 45.2 Å². The SMILES string of the molecule is N#CC(Cc1ccc(I)cc1)CS(=O)(=O)CC(C#N)Cc1ccc(I)cc1. The van der Waals surface area contributed by atoms with Gasteiger partial charge in [0.05, 0.1) is 35.5 Å². The predicted molar refractivity (Wildman–Crippen MR) is 123 cm³/mol. The molecule has 2 unspecified atom stereocenters. The van der Waals surface area contributed by atoms with Crippen LogP contribution in [-0.4, -0.2) is 19.9 Å². The quantitative estimate of drug-likeness (QED) is 0.420. The first-order valence-electron chi connectivity index (χ1n) is 8.30. The highest BCUT2D eigenvalue weighted by molar-refractivity contribution is 14.1. The normalized spacial score (nSPS) is 13.3. The summed E-state index contributed by atoms with van der Waals surface area (Å²) in [5.74, 6) is -1.68. The lowest BCUT2D eigenvalue weighted by Crippen LogP contribution is -2.24. The molecule has 4 nitrogen and oxygen atoms in total. The average molecular weight is 604 g/mol. The number of nitrogens with zero attached hydrogens (tertiary/aromatic N) is 2. The fourth-order valence-corrected chi connectivity index (χ4v) is 5.24. The maximum atomic E-state index is 12.6. The molecule has 0 aromatic heterocycles. The minimum absolute atomic E-state index is 0.222. The Balaban J connectivity index is 2.00. The molecule has 7 heteroatoms. The van der Waals surface area contributed by atoms with Gasteiger partial charge in [-0.2, -0.15) is 10.5 Å². The summed E-state index contributed by atoms with van der Waals surface area (Å²) in [6, 6.07) is 19.6. The number of hydrogen-bond donors (Lipinski definition) is 0. The van der Waals surface area contributed by atoms with Gasteiger partial charge in [-0.05, 0) is 93.4 Å². The third-order valence-corrected chi connectivity index (χ3v) is 7.32. The molecule has 2 aromatic rings. The molecular formula is C20H18I2N2O2S. The van der Waals surface area contributed by atoms with Crippen molar-refractivity contribution in [2.45, 2.75) is 12.8 Å². The highest BCUT2D eigenvalue weighted by Crippen LogP contribution is 2.17. The monoisotopic (exact) mass is 604 g/mol. The Morgan fingerprint density at radius 2 is 1.07 bits per heavy atom. The number of halogens is 2. The largest absolute Gasteiger partial charge is 0.229 e. The lowest BCUT2D eigenvalue weighted by Gasteiger charge is -2.13. The van der Waals surface area contributed by atoms with Crippen LogP contribution in [0.2, 0.25) is 0 Å². The summed E-state index contributed by atoms with van der Waals surface area (Å²) in [6.45, 7) is 0. The Kier molecular flexibility index (Phi) is 8.52. The smallest absolute Gasteiger partial charge is 0.152 e. The van der Waals surface area contributed by atoms with Gasteiger partial charge in [-0.1, -0.05) is 24.3 Å². The molecule has 0 aliphatic heterocycles. The molecule has 2 atom stereocenters. The molecule has 0 aliphatic rings. The molecule has 2 rings (SSSR count). The second-order valence-electron chi connectivity index (χ2n) is 6.39. The van der Waals surface area contributed by atoms with E-state index in [4.69, 9.17) is 0 Å². The van der Waals surface area contributed by atoms with Crippen LogP contribution in [0.1, 0.15) is 11.1 Å². The van der Waals surface area contributed by atoms with Gasteiger partial charge in [0.2, 0.25) is 0 Å². The first kappa shape index (κ1) is 22.1. The molecule has 0 radical (unpaired) electrons. The van der Waals surface area contributed by atoms with E-state index in [1.54, 1.807) is 0 Å². The van der Waals surface area contributed by atoms with Crippen molar-refractivity contribution < 1.29 is 8.42 Å². The van der Waals surface area contributed by atoms with Crippen LogP contribution in [0.4, 0.5) is 0 Å². The Hall–Kier alpha value is -1.17. The van der Waals surface area contributed by atoms with Crippen molar-refractivity contribution in [1.29, 1.82) is 10.5 Å². The van der Waals surface area contributed by atoms with Crippen LogP contribution < -0.4 is 0 Å². The van der Waals surface area contributed by atoms with E-state index in [0.717, 1.165) is 18.3 Å². The summed E-state index contributed by atoms with van der Waals surface area (Å²) in [5.41, 5.74) is 1.88. The molecule has 0 N–H and O–H groups in total. The third kappa shape index (κ3) is 7.76. The molecule has 0 fully saturated rings. The maximum absolute atomic E-state index is 12.6. The van der Waals surface area contributed by atoms with Crippen LogP contribution in [0.25, 0.3) is 0 Å². The summed E-state index contributed by atoms with van der Waals surface area (Å²) in [4.78, 5) is 0. The van der Waals surface area contributed by atoms with E-state index in [2.05, 4.69) is 57.3 Å². The van der Waals surface area contributed by atoms with Crippen LogP contribution in [0, 0.1) is 41.6 Å². The number of rotatable bonds is 8. The average Bonchev–Trinajstić information content (AvgIpc) is 2.63. The fourth-order valence-electron chi connectivity index (χ4n) is 2.77. The summed E-state index contributed by atoms with van der Waals surface area (Å²) < 4.78 is 27.3. The van der Waals surface area contributed by atoms with Crippen molar-refractivity contribution >= 4 is 55.0 Å². The minimum Gasteiger partial charge on any atom is -0.229 e. The summed E-state index contributed by atoms with van der Waals surface area (Å²) >= 11 is 4.40. The second-order valence-corrected chi connectivity index (χ2v) is 11.0. The highest BCUT2D eigenvalue weighted by atomic mass is 127. The van der Waals surface area contributed by atoms with Crippen LogP contribution in [0.5, 0.6) is 0 Å². The standard InChI is InChI=1S/C20H18I2N2O2S/c21-19-5-1-15(2-6-19)9-17(11-23)13-27(25,26)14-18(12-24)10-16-3-7-20(22)8-4-16/h1-8,17-18H,9-10,13-14H2. The van der Waals surface area contributed by atoms with E-state index >= 15 is 0 Å². The highest BCUT2D eigenvalue weighted by Gasteiger charge is 2.24. The molecule has 0 aliphatic carbocycles. The first-order chi connectivity index (χ1) is 12.8. The van der Waals surface area contributed by atoms with E-state index in [-0.39, 0.29) is 11.5 Å².